The summed E-state index contributed by atoms with van der Waals surface area (Å²) in [7, 11) is 0. The van der Waals surface area contributed by atoms with Crippen molar-refractivity contribution >= 4 is 11.4 Å². The van der Waals surface area contributed by atoms with Crippen LogP contribution in [0.15, 0.2) is 48.7 Å². The van der Waals surface area contributed by atoms with E-state index in [4.69, 9.17) is 4.74 Å². The summed E-state index contributed by atoms with van der Waals surface area (Å²) in [5.41, 5.74) is 2.85. The third-order valence-electron chi connectivity index (χ3n) is 4.93. The molecule has 1 N–H and O–H groups in total. The molecule has 3 aromatic rings. The highest BCUT2D eigenvalue weighted by Gasteiger charge is 2.22. The molecule has 0 unspecified atom stereocenters. The van der Waals surface area contributed by atoms with Gasteiger partial charge in [0.15, 0.2) is 17.2 Å². The number of aliphatic hydroxyl groups excluding tert-OH is 1. The molecular weight excluding hydrogens is 352 g/mol. The number of rotatable bonds is 9. The number of nitrogens with zero attached hydrogens (tertiary/aromatic N) is 2. The third kappa shape index (κ3) is 4.42. The molecule has 3 rings (SSSR count). The molecular formula is C23H28N2O3. The minimum absolute atomic E-state index is 0.0350. The lowest BCUT2D eigenvalue weighted by Gasteiger charge is -2.14. The van der Waals surface area contributed by atoms with E-state index in [1.54, 1.807) is 0 Å². The monoisotopic (exact) mass is 380 g/mol. The van der Waals surface area contributed by atoms with Crippen LogP contribution in [0.4, 0.5) is 0 Å². The van der Waals surface area contributed by atoms with Crippen molar-refractivity contribution in [2.45, 2.75) is 39.5 Å². The molecule has 2 heterocycles. The smallest absolute Gasteiger partial charge is 0.182 e. The van der Waals surface area contributed by atoms with Crippen molar-refractivity contribution in [3.63, 3.8) is 0 Å². The van der Waals surface area contributed by atoms with E-state index in [0.29, 0.717) is 35.3 Å². The topological polar surface area (TPSA) is 63.8 Å². The normalized spacial score (nSPS) is 12.5. The molecule has 0 saturated carbocycles. The molecule has 0 bridgehead atoms. The Labute approximate surface area is 166 Å². The molecule has 0 spiro atoms. The van der Waals surface area contributed by atoms with E-state index >= 15 is 0 Å². The molecule has 0 aliphatic heterocycles. The number of pyridine rings is 1. The van der Waals surface area contributed by atoms with Crippen LogP contribution in [0.3, 0.4) is 0 Å². The highest BCUT2D eigenvalue weighted by Crippen LogP contribution is 2.26. The number of benzene rings is 1. The van der Waals surface area contributed by atoms with Gasteiger partial charge in [-0.15, -0.1) is 0 Å². The number of aryl methyl sites for hydroxylation is 1. The van der Waals surface area contributed by atoms with Gasteiger partial charge in [0.25, 0.3) is 0 Å². The molecule has 5 heteroatoms. The van der Waals surface area contributed by atoms with Gasteiger partial charge in [-0.25, -0.2) is 4.98 Å². The van der Waals surface area contributed by atoms with Crippen LogP contribution < -0.4 is 4.74 Å². The molecule has 0 saturated heterocycles. The lowest BCUT2D eigenvalue weighted by atomic mass is 9.93. The summed E-state index contributed by atoms with van der Waals surface area (Å²) in [6.45, 7) is 6.70. The maximum atomic E-state index is 13.1. The zero-order valence-electron chi connectivity index (χ0n) is 16.8. The second kappa shape index (κ2) is 9.02. The second-order valence-corrected chi connectivity index (χ2v) is 7.56. The Kier molecular flexibility index (Phi) is 6.47. The molecule has 2 aromatic heterocycles. The van der Waals surface area contributed by atoms with E-state index in [1.807, 2.05) is 60.0 Å². The summed E-state index contributed by atoms with van der Waals surface area (Å²) in [5, 5.41) is 9.80. The average Bonchev–Trinajstić information content (AvgIpc) is 3.03. The largest absolute Gasteiger partial charge is 0.490 e. The van der Waals surface area contributed by atoms with Gasteiger partial charge in [-0.05, 0) is 37.0 Å². The van der Waals surface area contributed by atoms with Crippen LogP contribution in [0, 0.1) is 12.8 Å². The van der Waals surface area contributed by atoms with Crippen LogP contribution >= 0.6 is 0 Å². The van der Waals surface area contributed by atoms with Crippen molar-refractivity contribution in [1.29, 1.82) is 0 Å². The van der Waals surface area contributed by atoms with Crippen molar-refractivity contribution < 1.29 is 14.6 Å². The van der Waals surface area contributed by atoms with Gasteiger partial charge in [0.05, 0.1) is 18.9 Å². The number of ether oxygens (including phenoxy) is 1. The Morgan fingerprint density at radius 3 is 2.61 bits per heavy atom. The molecule has 5 nitrogen and oxygen atoms in total. The summed E-state index contributed by atoms with van der Waals surface area (Å²) >= 11 is 0. The van der Waals surface area contributed by atoms with Crippen LogP contribution in [0.25, 0.3) is 5.65 Å². The molecule has 0 aliphatic carbocycles. The lowest BCUT2D eigenvalue weighted by Crippen LogP contribution is -2.13. The first-order valence-corrected chi connectivity index (χ1v) is 9.80. The van der Waals surface area contributed by atoms with Crippen LogP contribution in [-0.4, -0.2) is 33.5 Å². The number of carbonyl (C=O) groups excluding carboxylic acids is 1. The van der Waals surface area contributed by atoms with Crippen LogP contribution in [0.1, 0.15) is 54.4 Å². The number of fused-ring (bicyclic) bond motifs is 1. The Hall–Kier alpha value is -2.66. The van der Waals surface area contributed by atoms with Crippen molar-refractivity contribution in [1.82, 2.24) is 9.38 Å². The number of Topliss-reactive ketones (excluding diaryl/α,β-unsaturated/α-hetero) is 1. The standard InChI is InChI=1S/C23H28N2O3/c1-16(2)11-13-28-21-10-7-12-25-22(17(3)24-23(21)25)20(27)14-19(15-26)18-8-5-4-6-9-18/h4-10,12,16,19,26H,11,13-15H2,1-3H3/t19-/m0/s1. The molecule has 0 fully saturated rings. The van der Waals surface area contributed by atoms with E-state index in [1.165, 1.54) is 0 Å². The number of aromatic nitrogens is 2. The minimum atomic E-state index is -0.232. The lowest BCUT2D eigenvalue weighted by molar-refractivity contribution is 0.0953. The Morgan fingerprint density at radius 1 is 1.18 bits per heavy atom. The van der Waals surface area contributed by atoms with Crippen LogP contribution in [0.5, 0.6) is 5.75 Å². The predicted octanol–water partition coefficient (Wildman–Crippen LogP) is 4.42. The quantitative estimate of drug-likeness (QED) is 0.558. The van der Waals surface area contributed by atoms with E-state index in [2.05, 4.69) is 18.8 Å². The van der Waals surface area contributed by atoms with E-state index in [0.717, 1.165) is 12.0 Å². The van der Waals surface area contributed by atoms with Gasteiger partial charge in [0.1, 0.15) is 5.69 Å². The van der Waals surface area contributed by atoms with Gasteiger partial charge in [-0.1, -0.05) is 44.2 Å². The van der Waals surface area contributed by atoms with Crippen molar-refractivity contribution in [2.75, 3.05) is 13.2 Å². The van der Waals surface area contributed by atoms with Gasteiger partial charge < -0.3 is 9.84 Å². The van der Waals surface area contributed by atoms with E-state index in [-0.39, 0.29) is 24.7 Å². The summed E-state index contributed by atoms with van der Waals surface area (Å²) in [4.78, 5) is 17.7. The fourth-order valence-electron chi connectivity index (χ4n) is 3.34. The van der Waals surface area contributed by atoms with Gasteiger partial charge >= 0.3 is 0 Å². The van der Waals surface area contributed by atoms with Gasteiger partial charge in [0.2, 0.25) is 0 Å². The highest BCUT2D eigenvalue weighted by molar-refractivity contribution is 5.97. The summed E-state index contributed by atoms with van der Waals surface area (Å²) in [5.74, 6) is 0.982. The first kappa shape index (κ1) is 20.1. The first-order valence-electron chi connectivity index (χ1n) is 9.80. The molecule has 0 aliphatic rings. The fraction of sp³-hybridized carbons (Fsp3) is 0.391. The maximum Gasteiger partial charge on any atom is 0.182 e. The van der Waals surface area contributed by atoms with Crippen LogP contribution in [0.2, 0.25) is 0 Å². The average molecular weight is 380 g/mol. The molecule has 0 amide bonds. The third-order valence-corrected chi connectivity index (χ3v) is 4.93. The number of carbonyl (C=O) groups is 1. The Bertz CT molecular complexity index is 932. The van der Waals surface area contributed by atoms with Crippen LogP contribution in [-0.2, 0) is 0 Å². The van der Waals surface area contributed by atoms with Crippen molar-refractivity contribution in [2.24, 2.45) is 5.92 Å². The maximum absolute atomic E-state index is 13.1. The number of imidazole rings is 1. The van der Waals surface area contributed by atoms with E-state index < -0.39 is 0 Å². The van der Waals surface area contributed by atoms with E-state index in [9.17, 15) is 9.90 Å². The Morgan fingerprint density at radius 2 is 1.93 bits per heavy atom. The zero-order chi connectivity index (χ0) is 20.1. The molecule has 28 heavy (non-hydrogen) atoms. The highest BCUT2D eigenvalue weighted by atomic mass is 16.5. The summed E-state index contributed by atoms with van der Waals surface area (Å²) in [6, 6.07) is 13.4. The number of hydrogen-bond acceptors (Lipinski definition) is 4. The number of hydrogen-bond donors (Lipinski definition) is 1. The van der Waals surface area contributed by atoms with Gasteiger partial charge in [-0.3, -0.25) is 9.20 Å². The number of ketones is 1. The van der Waals surface area contributed by atoms with Crippen molar-refractivity contribution in [3.05, 3.63) is 65.6 Å². The number of aliphatic hydroxyl groups is 1. The zero-order valence-corrected chi connectivity index (χ0v) is 16.8. The second-order valence-electron chi connectivity index (χ2n) is 7.56. The minimum Gasteiger partial charge on any atom is -0.490 e. The summed E-state index contributed by atoms with van der Waals surface area (Å²) < 4.78 is 7.72. The molecule has 1 atom stereocenters. The molecule has 0 radical (unpaired) electrons. The van der Waals surface area contributed by atoms with Gasteiger partial charge in [0, 0.05) is 18.5 Å². The Balaban J connectivity index is 1.86. The van der Waals surface area contributed by atoms with Crippen molar-refractivity contribution in [3.8, 4) is 5.75 Å². The summed E-state index contributed by atoms with van der Waals surface area (Å²) in [6.07, 6.45) is 3.03. The fourth-order valence-corrected chi connectivity index (χ4v) is 3.34. The SMILES string of the molecule is Cc1nc2c(OCCC(C)C)cccn2c1C(=O)C[C@@H](CO)c1ccccc1. The predicted molar refractivity (Wildman–Crippen MR) is 110 cm³/mol. The molecule has 148 valence electrons. The first-order chi connectivity index (χ1) is 13.5. The van der Waals surface area contributed by atoms with Gasteiger partial charge in [-0.2, -0.15) is 0 Å². The molecule has 1 aromatic carbocycles.